The summed E-state index contributed by atoms with van der Waals surface area (Å²) in [6.07, 6.45) is 0. The highest BCUT2D eigenvalue weighted by Gasteiger charge is 2.19. The molecule has 1 atom stereocenters. The molecule has 0 saturated carbocycles. The van der Waals surface area contributed by atoms with E-state index in [-0.39, 0.29) is 6.04 Å². The second-order valence-electron chi connectivity index (χ2n) is 4.46. The summed E-state index contributed by atoms with van der Waals surface area (Å²) in [6, 6.07) is 1.90. The Kier molecular flexibility index (Phi) is 4.22. The molecule has 16 heavy (non-hydrogen) atoms. The van der Waals surface area contributed by atoms with E-state index in [1.807, 2.05) is 19.9 Å². The lowest BCUT2D eigenvalue weighted by atomic mass is 9.93. The minimum atomic E-state index is -0.0776. The van der Waals surface area contributed by atoms with Crippen molar-refractivity contribution < 1.29 is 4.74 Å². The van der Waals surface area contributed by atoms with Crippen molar-refractivity contribution >= 4 is 11.6 Å². The molecule has 1 aromatic rings. The number of hydrogen-bond donors (Lipinski definition) is 1. The fraction of sp³-hybridized carbons (Fsp3) is 0.538. The van der Waals surface area contributed by atoms with Crippen LogP contribution in [0.1, 0.15) is 49.4 Å². The monoisotopic (exact) mass is 241 g/mol. The summed E-state index contributed by atoms with van der Waals surface area (Å²) in [4.78, 5) is 0. The van der Waals surface area contributed by atoms with Crippen molar-refractivity contribution in [2.24, 2.45) is 5.73 Å². The number of rotatable bonds is 3. The van der Waals surface area contributed by atoms with Gasteiger partial charge in [0.2, 0.25) is 0 Å². The van der Waals surface area contributed by atoms with Crippen molar-refractivity contribution in [1.29, 1.82) is 0 Å². The second kappa shape index (κ2) is 5.07. The number of ether oxygens (including phenoxy) is 1. The Hall–Kier alpha value is -0.730. The van der Waals surface area contributed by atoms with Gasteiger partial charge in [0.25, 0.3) is 0 Å². The van der Waals surface area contributed by atoms with Gasteiger partial charge in [0.15, 0.2) is 0 Å². The van der Waals surface area contributed by atoms with Gasteiger partial charge in [-0.1, -0.05) is 25.4 Å². The van der Waals surface area contributed by atoms with E-state index in [9.17, 15) is 0 Å². The minimum Gasteiger partial charge on any atom is -0.496 e. The Morgan fingerprint density at radius 3 is 2.25 bits per heavy atom. The zero-order valence-corrected chi connectivity index (χ0v) is 11.4. The van der Waals surface area contributed by atoms with Crippen LogP contribution >= 0.6 is 11.6 Å². The number of nitrogens with two attached hydrogens (primary N) is 1. The Bertz CT molecular complexity index is 386. The average molecular weight is 242 g/mol. The lowest BCUT2D eigenvalue weighted by Gasteiger charge is -2.21. The van der Waals surface area contributed by atoms with Crippen LogP contribution in [0.5, 0.6) is 5.75 Å². The smallest absolute Gasteiger partial charge is 0.127 e. The standard InChI is InChI=1S/C13H20ClNO/c1-7(2)10-6-11(14)8(3)12(9(4)15)13(10)16-5/h6-7,9H,15H2,1-5H3. The van der Waals surface area contributed by atoms with E-state index in [4.69, 9.17) is 22.1 Å². The van der Waals surface area contributed by atoms with Gasteiger partial charge in [-0.25, -0.2) is 0 Å². The molecule has 0 saturated heterocycles. The van der Waals surface area contributed by atoms with Gasteiger partial charge in [-0.2, -0.15) is 0 Å². The molecule has 3 heteroatoms. The zero-order valence-electron chi connectivity index (χ0n) is 10.6. The van der Waals surface area contributed by atoms with Gasteiger partial charge in [0.1, 0.15) is 5.75 Å². The number of methoxy groups -OCH3 is 1. The Morgan fingerprint density at radius 1 is 1.31 bits per heavy atom. The first-order valence-corrected chi connectivity index (χ1v) is 5.90. The first-order valence-electron chi connectivity index (χ1n) is 5.52. The van der Waals surface area contributed by atoms with Crippen LogP contribution in [0, 0.1) is 6.92 Å². The Balaban J connectivity index is 3.55. The van der Waals surface area contributed by atoms with E-state index in [2.05, 4.69) is 13.8 Å². The maximum absolute atomic E-state index is 6.22. The second-order valence-corrected chi connectivity index (χ2v) is 4.87. The molecule has 1 aromatic carbocycles. The molecular weight excluding hydrogens is 222 g/mol. The summed E-state index contributed by atoms with van der Waals surface area (Å²) in [6.45, 7) is 8.17. The summed E-state index contributed by atoms with van der Waals surface area (Å²) in [7, 11) is 1.68. The van der Waals surface area contributed by atoms with Gasteiger partial charge in [0, 0.05) is 16.6 Å². The summed E-state index contributed by atoms with van der Waals surface area (Å²) in [5, 5.41) is 0.761. The van der Waals surface area contributed by atoms with Crippen molar-refractivity contribution in [3.8, 4) is 5.75 Å². The van der Waals surface area contributed by atoms with Crippen molar-refractivity contribution in [2.45, 2.75) is 39.7 Å². The molecule has 0 spiro atoms. The van der Waals surface area contributed by atoms with E-state index in [1.54, 1.807) is 7.11 Å². The van der Waals surface area contributed by atoms with Crippen LogP contribution < -0.4 is 10.5 Å². The molecule has 2 N–H and O–H groups in total. The molecule has 0 fully saturated rings. The molecule has 0 radical (unpaired) electrons. The number of halogens is 1. The van der Waals surface area contributed by atoms with Gasteiger partial charge < -0.3 is 10.5 Å². The Morgan fingerprint density at radius 2 is 1.88 bits per heavy atom. The molecule has 1 unspecified atom stereocenters. The molecule has 0 amide bonds. The van der Waals surface area contributed by atoms with Crippen molar-refractivity contribution in [3.63, 3.8) is 0 Å². The van der Waals surface area contributed by atoms with Crippen LogP contribution in [-0.4, -0.2) is 7.11 Å². The highest BCUT2D eigenvalue weighted by molar-refractivity contribution is 6.31. The summed E-state index contributed by atoms with van der Waals surface area (Å²) >= 11 is 6.22. The SMILES string of the molecule is COc1c(C(C)C)cc(Cl)c(C)c1C(C)N. The molecule has 0 aromatic heterocycles. The quantitative estimate of drug-likeness (QED) is 0.874. The Labute approximate surface area is 103 Å². The molecule has 0 aliphatic rings. The maximum atomic E-state index is 6.22. The van der Waals surface area contributed by atoms with Gasteiger partial charge in [0.05, 0.1) is 7.11 Å². The molecule has 1 rings (SSSR count). The van der Waals surface area contributed by atoms with Crippen molar-refractivity contribution in [1.82, 2.24) is 0 Å². The highest BCUT2D eigenvalue weighted by atomic mass is 35.5. The zero-order chi connectivity index (χ0) is 12.5. The van der Waals surface area contributed by atoms with Crippen LogP contribution in [0.4, 0.5) is 0 Å². The number of hydrogen-bond acceptors (Lipinski definition) is 2. The number of benzene rings is 1. The third-order valence-corrected chi connectivity index (χ3v) is 3.23. The van der Waals surface area contributed by atoms with Crippen LogP contribution in [0.2, 0.25) is 5.02 Å². The lowest BCUT2D eigenvalue weighted by molar-refractivity contribution is 0.399. The van der Waals surface area contributed by atoms with Crippen LogP contribution in [0.15, 0.2) is 6.07 Å². The van der Waals surface area contributed by atoms with Crippen molar-refractivity contribution in [2.75, 3.05) is 7.11 Å². The van der Waals surface area contributed by atoms with Crippen LogP contribution in [0.25, 0.3) is 0 Å². The fourth-order valence-electron chi connectivity index (χ4n) is 1.97. The largest absolute Gasteiger partial charge is 0.496 e. The third kappa shape index (κ3) is 2.33. The van der Waals surface area contributed by atoms with Gasteiger partial charge in [-0.3, -0.25) is 0 Å². The lowest BCUT2D eigenvalue weighted by Crippen LogP contribution is -2.11. The summed E-state index contributed by atoms with van der Waals surface area (Å²) in [5.74, 6) is 1.25. The topological polar surface area (TPSA) is 35.2 Å². The van der Waals surface area contributed by atoms with E-state index in [0.29, 0.717) is 5.92 Å². The molecule has 0 heterocycles. The molecular formula is C13H20ClNO. The first kappa shape index (κ1) is 13.3. The van der Waals surface area contributed by atoms with Gasteiger partial charge >= 0.3 is 0 Å². The van der Waals surface area contributed by atoms with E-state index >= 15 is 0 Å². The fourth-order valence-corrected chi connectivity index (χ4v) is 2.19. The summed E-state index contributed by atoms with van der Waals surface area (Å²) < 4.78 is 5.50. The molecule has 0 aliphatic carbocycles. The maximum Gasteiger partial charge on any atom is 0.127 e. The molecule has 2 nitrogen and oxygen atoms in total. The molecule has 0 aliphatic heterocycles. The van der Waals surface area contributed by atoms with Crippen molar-refractivity contribution in [3.05, 3.63) is 27.8 Å². The predicted molar refractivity (Wildman–Crippen MR) is 69.4 cm³/mol. The molecule has 0 bridgehead atoms. The normalized spacial score (nSPS) is 13.0. The minimum absolute atomic E-state index is 0.0776. The van der Waals surface area contributed by atoms with E-state index in [0.717, 1.165) is 27.5 Å². The van der Waals surface area contributed by atoms with E-state index < -0.39 is 0 Å². The van der Waals surface area contributed by atoms with Gasteiger partial charge in [-0.05, 0) is 37.0 Å². The molecule has 90 valence electrons. The van der Waals surface area contributed by atoms with E-state index in [1.165, 1.54) is 0 Å². The first-order chi connectivity index (χ1) is 7.40. The van der Waals surface area contributed by atoms with Crippen LogP contribution in [0.3, 0.4) is 0 Å². The predicted octanol–water partition coefficient (Wildman–Crippen LogP) is 3.80. The van der Waals surface area contributed by atoms with Crippen LogP contribution in [-0.2, 0) is 0 Å². The summed E-state index contributed by atoms with van der Waals surface area (Å²) in [5.41, 5.74) is 9.13. The highest BCUT2D eigenvalue weighted by Crippen LogP contribution is 2.38. The van der Waals surface area contributed by atoms with Gasteiger partial charge in [-0.15, -0.1) is 0 Å². The third-order valence-electron chi connectivity index (χ3n) is 2.83. The average Bonchev–Trinajstić information content (AvgIpc) is 2.20.